The van der Waals surface area contributed by atoms with Crippen LogP contribution in [0.15, 0.2) is 11.6 Å². The molecule has 0 spiro atoms. The van der Waals surface area contributed by atoms with E-state index in [-0.39, 0.29) is 19.5 Å². The first-order chi connectivity index (χ1) is 10.3. The number of carbonyl (C=O) groups is 1. The number of hydrogen-bond donors (Lipinski definition) is 1. The van der Waals surface area contributed by atoms with Crippen molar-refractivity contribution in [3.05, 3.63) is 11.6 Å². The third-order valence-electron chi connectivity index (χ3n) is 4.51. The Kier molecular flexibility index (Phi) is 16.8. The van der Waals surface area contributed by atoms with Crippen LogP contribution >= 0.6 is 0 Å². The zero-order valence-electron chi connectivity index (χ0n) is 16.2. The summed E-state index contributed by atoms with van der Waals surface area (Å²) >= 11 is 0. The van der Waals surface area contributed by atoms with Crippen molar-refractivity contribution in [3.63, 3.8) is 0 Å². The van der Waals surface area contributed by atoms with E-state index in [9.17, 15) is 4.79 Å². The molecule has 132 valence electrons. The number of rotatable bonds is 13. The molecule has 0 aromatic heterocycles. The van der Waals surface area contributed by atoms with Gasteiger partial charge in [0.2, 0.25) is 0 Å². The van der Waals surface area contributed by atoms with Crippen molar-refractivity contribution in [2.24, 2.45) is 17.8 Å². The van der Waals surface area contributed by atoms with Gasteiger partial charge in [0.1, 0.15) is 0 Å². The zero-order chi connectivity index (χ0) is 17.0. The summed E-state index contributed by atoms with van der Waals surface area (Å²) < 4.78 is 0. The van der Waals surface area contributed by atoms with E-state index in [4.69, 9.17) is 5.11 Å². The van der Waals surface area contributed by atoms with E-state index in [0.717, 1.165) is 36.2 Å². The molecule has 0 heterocycles. The molecule has 0 aliphatic rings. The molecule has 23 heavy (non-hydrogen) atoms. The van der Waals surface area contributed by atoms with Crippen molar-refractivity contribution >= 4 is 5.97 Å². The zero-order valence-corrected chi connectivity index (χ0v) is 19.2. The van der Waals surface area contributed by atoms with E-state index in [0.29, 0.717) is 0 Å². The van der Waals surface area contributed by atoms with Crippen LogP contribution in [0, 0.1) is 17.8 Å². The monoisotopic (exact) mass is 374 g/mol. The number of carboxylic acid groups (broad SMARTS) is 1. The first kappa shape index (κ1) is 25.1. The fraction of sp³-hybridized carbons (Fsp3) is 0.850. The van der Waals surface area contributed by atoms with Crippen molar-refractivity contribution in [1.82, 2.24) is 0 Å². The third-order valence-corrected chi connectivity index (χ3v) is 4.51. The second-order valence-corrected chi connectivity index (χ2v) is 7.69. The molecule has 0 radical (unpaired) electrons. The Morgan fingerprint density at radius 2 is 1.30 bits per heavy atom. The summed E-state index contributed by atoms with van der Waals surface area (Å²) in [4.78, 5) is 10.5. The van der Waals surface area contributed by atoms with Gasteiger partial charge >= 0.3 is 5.97 Å². The predicted octanol–water partition coefficient (Wildman–Crippen LogP) is 6.45. The van der Waals surface area contributed by atoms with E-state index in [1.54, 1.807) is 0 Å². The van der Waals surface area contributed by atoms with Crippen molar-refractivity contribution in [1.29, 1.82) is 0 Å². The molecule has 2 atom stereocenters. The summed E-state index contributed by atoms with van der Waals surface area (Å²) in [5.74, 6) is 1.65. The first-order valence-electron chi connectivity index (χ1n) is 9.21. The van der Waals surface area contributed by atoms with E-state index in [1.165, 1.54) is 51.0 Å². The van der Waals surface area contributed by atoms with Crippen LogP contribution < -0.4 is 0 Å². The van der Waals surface area contributed by atoms with Gasteiger partial charge in [-0.15, -0.1) is 0 Å². The average Bonchev–Trinajstić information content (AvgIpc) is 2.37. The van der Waals surface area contributed by atoms with Gasteiger partial charge in [-0.2, -0.15) is 0 Å². The fourth-order valence-electron chi connectivity index (χ4n) is 2.99. The van der Waals surface area contributed by atoms with Crippen LogP contribution in [0.1, 0.15) is 92.4 Å². The second kappa shape index (κ2) is 15.4. The van der Waals surface area contributed by atoms with Crippen LogP contribution in [-0.2, 0) is 24.3 Å². The van der Waals surface area contributed by atoms with Gasteiger partial charge in [0.05, 0.1) is 0 Å². The Hall–Kier alpha value is -0.167. The Bertz CT molecular complexity index is 324. The number of carboxylic acids is 1. The largest absolute Gasteiger partial charge is 0.478 e. The van der Waals surface area contributed by atoms with Crippen LogP contribution in [0.25, 0.3) is 0 Å². The van der Waals surface area contributed by atoms with Crippen LogP contribution in [0.4, 0.5) is 0 Å². The molecular formula is C20H38O2Zn. The second-order valence-electron chi connectivity index (χ2n) is 7.69. The summed E-state index contributed by atoms with van der Waals surface area (Å²) in [6, 6.07) is 0. The minimum atomic E-state index is -0.822. The molecular weight excluding hydrogens is 338 g/mol. The van der Waals surface area contributed by atoms with Gasteiger partial charge in [-0.1, -0.05) is 78.2 Å². The summed E-state index contributed by atoms with van der Waals surface area (Å²) in [6.45, 7) is 11.3. The van der Waals surface area contributed by atoms with Crippen molar-refractivity contribution in [2.75, 3.05) is 0 Å². The molecule has 0 aliphatic carbocycles. The quantitative estimate of drug-likeness (QED) is 0.296. The van der Waals surface area contributed by atoms with Gasteiger partial charge in [-0.05, 0) is 37.5 Å². The fourth-order valence-corrected chi connectivity index (χ4v) is 2.99. The molecule has 0 aromatic carbocycles. The molecule has 0 aromatic rings. The molecule has 0 bridgehead atoms. The van der Waals surface area contributed by atoms with Crippen molar-refractivity contribution < 1.29 is 29.4 Å². The molecule has 0 fully saturated rings. The smallest absolute Gasteiger partial charge is 0.328 e. The SMILES string of the molecule is C/C(=C\C(=O)O)CCC[C@H](C)CCC[C@H](C)CCCC(C)C.[Zn]. The maximum Gasteiger partial charge on any atom is 0.328 e. The molecule has 0 saturated carbocycles. The van der Waals surface area contributed by atoms with E-state index >= 15 is 0 Å². The van der Waals surface area contributed by atoms with Crippen molar-refractivity contribution in [3.8, 4) is 0 Å². The Labute approximate surface area is 157 Å². The first-order valence-corrected chi connectivity index (χ1v) is 9.21. The molecule has 0 saturated heterocycles. The maximum atomic E-state index is 10.5. The Balaban J connectivity index is 0. The number of allylic oxidation sites excluding steroid dienone is 1. The van der Waals surface area contributed by atoms with E-state index < -0.39 is 5.97 Å². The predicted molar refractivity (Wildman–Crippen MR) is 96.1 cm³/mol. The van der Waals surface area contributed by atoms with Crippen LogP contribution in [0.2, 0.25) is 0 Å². The number of hydrogen-bond acceptors (Lipinski definition) is 1. The van der Waals surface area contributed by atoms with Gasteiger partial charge in [0, 0.05) is 25.6 Å². The molecule has 0 rings (SSSR count). The summed E-state index contributed by atoms with van der Waals surface area (Å²) in [5.41, 5.74) is 0.985. The molecule has 3 heteroatoms. The number of aliphatic carboxylic acids is 1. The normalized spacial score (nSPS) is 14.4. The van der Waals surface area contributed by atoms with E-state index in [2.05, 4.69) is 27.7 Å². The molecule has 1 N–H and O–H groups in total. The van der Waals surface area contributed by atoms with Gasteiger partial charge in [-0.3, -0.25) is 0 Å². The van der Waals surface area contributed by atoms with Gasteiger partial charge in [-0.25, -0.2) is 4.79 Å². The topological polar surface area (TPSA) is 37.3 Å². The minimum absolute atomic E-state index is 0. The van der Waals surface area contributed by atoms with E-state index in [1.807, 2.05) is 6.92 Å². The average molecular weight is 376 g/mol. The Morgan fingerprint density at radius 3 is 1.74 bits per heavy atom. The van der Waals surface area contributed by atoms with Gasteiger partial charge in [0.25, 0.3) is 0 Å². The van der Waals surface area contributed by atoms with Crippen LogP contribution in [-0.4, -0.2) is 11.1 Å². The molecule has 0 unspecified atom stereocenters. The molecule has 2 nitrogen and oxygen atoms in total. The minimum Gasteiger partial charge on any atom is -0.478 e. The van der Waals surface area contributed by atoms with Gasteiger partial charge in [0.15, 0.2) is 0 Å². The molecule has 0 aliphatic heterocycles. The van der Waals surface area contributed by atoms with Crippen LogP contribution in [0.5, 0.6) is 0 Å². The summed E-state index contributed by atoms with van der Waals surface area (Å²) in [6.07, 6.45) is 12.7. The van der Waals surface area contributed by atoms with Crippen molar-refractivity contribution in [2.45, 2.75) is 92.4 Å². The van der Waals surface area contributed by atoms with Crippen LogP contribution in [0.3, 0.4) is 0 Å². The maximum absolute atomic E-state index is 10.5. The summed E-state index contributed by atoms with van der Waals surface area (Å²) in [5, 5.41) is 8.68. The molecule has 0 amide bonds. The standard InChI is InChI=1S/C20H38O2.Zn/c1-16(2)9-6-10-17(3)11-7-12-18(4)13-8-14-19(5)15-20(21)22;/h15-18H,6-14H2,1-5H3,(H,21,22);/b19-15+;/t17-,18-;/m1./s1. The summed E-state index contributed by atoms with van der Waals surface area (Å²) in [7, 11) is 0. The van der Waals surface area contributed by atoms with Gasteiger partial charge < -0.3 is 5.11 Å². The Morgan fingerprint density at radius 1 is 0.870 bits per heavy atom. The third kappa shape index (κ3) is 18.0.